The Morgan fingerprint density at radius 3 is 2.56 bits per heavy atom. The molecule has 2 aromatic rings. The Kier molecular flexibility index (Phi) is 10.2. The molecule has 0 spiro atoms. The number of hydrazine groups is 1. The van der Waals surface area contributed by atoms with Crippen molar-refractivity contribution in [3.8, 4) is 5.75 Å². The molecule has 0 saturated carbocycles. The molecule has 2 fully saturated rings. The SMILES string of the molecule is O=C(N[C@H](Cc1cccc(O)c1)C(=O)N1CCC[C@H](C(=O)N2C(=O)OC[C@@H]2Cc2ccccc2)N1)OCC(Cl)(Cl)Cl. The zero-order chi connectivity index (χ0) is 29.6. The molecule has 3 atom stereocenters. The molecule has 2 aliphatic rings. The number of cyclic esters (lactones) is 1. The highest BCUT2D eigenvalue weighted by Gasteiger charge is 2.43. The molecule has 220 valence electrons. The van der Waals surface area contributed by atoms with Gasteiger partial charge < -0.3 is 19.9 Å². The molecule has 14 heteroatoms. The van der Waals surface area contributed by atoms with Crippen LogP contribution in [0, 0.1) is 0 Å². The molecule has 4 amide bonds. The van der Waals surface area contributed by atoms with Gasteiger partial charge in [-0.3, -0.25) is 14.6 Å². The second-order valence-electron chi connectivity index (χ2n) is 9.70. The zero-order valence-corrected chi connectivity index (χ0v) is 24.1. The van der Waals surface area contributed by atoms with E-state index < -0.39 is 52.5 Å². The first-order valence-electron chi connectivity index (χ1n) is 12.9. The third-order valence-corrected chi connectivity index (χ3v) is 6.90. The van der Waals surface area contributed by atoms with Gasteiger partial charge >= 0.3 is 12.2 Å². The maximum absolute atomic E-state index is 13.6. The number of phenolic OH excluding ortho intramolecular Hbond substituents is 1. The van der Waals surface area contributed by atoms with Crippen LogP contribution in [-0.4, -0.2) is 80.7 Å². The van der Waals surface area contributed by atoms with Crippen LogP contribution in [0.15, 0.2) is 54.6 Å². The van der Waals surface area contributed by atoms with Crippen LogP contribution in [0.5, 0.6) is 5.75 Å². The van der Waals surface area contributed by atoms with E-state index in [1.807, 2.05) is 30.3 Å². The average molecular weight is 628 g/mol. The monoisotopic (exact) mass is 626 g/mol. The van der Waals surface area contributed by atoms with Gasteiger partial charge in [0.25, 0.3) is 11.8 Å². The number of alkyl carbamates (subject to hydrolysis) is 1. The third kappa shape index (κ3) is 8.62. The second kappa shape index (κ2) is 13.6. The van der Waals surface area contributed by atoms with Gasteiger partial charge in [0, 0.05) is 13.0 Å². The van der Waals surface area contributed by atoms with E-state index in [9.17, 15) is 24.3 Å². The Morgan fingerprint density at radius 1 is 1.12 bits per heavy atom. The number of nitrogens with one attached hydrogen (secondary N) is 2. The zero-order valence-electron chi connectivity index (χ0n) is 21.8. The molecule has 0 radical (unpaired) electrons. The molecule has 2 heterocycles. The van der Waals surface area contributed by atoms with E-state index in [1.165, 1.54) is 17.1 Å². The van der Waals surface area contributed by atoms with Crippen molar-refractivity contribution in [2.75, 3.05) is 19.8 Å². The minimum Gasteiger partial charge on any atom is -0.508 e. The highest BCUT2D eigenvalue weighted by Crippen LogP contribution is 2.26. The van der Waals surface area contributed by atoms with Crippen molar-refractivity contribution in [3.63, 3.8) is 0 Å². The van der Waals surface area contributed by atoms with Crippen LogP contribution in [0.4, 0.5) is 9.59 Å². The standard InChI is InChI=1S/C27H29Cl3N4O7/c28-27(29,30)16-41-25(38)31-22(14-18-8-4-9-20(35)13-18)23(36)33-11-5-10-21(32-33)24(37)34-19(15-40-26(34)39)12-17-6-2-1-3-7-17/h1-4,6-9,13,19,21-22,32,35H,5,10-12,14-16H2,(H,31,38)/t19-,21+,22+/m0/s1. The van der Waals surface area contributed by atoms with Gasteiger partial charge in [0.15, 0.2) is 0 Å². The molecular weight excluding hydrogens is 599 g/mol. The minimum absolute atomic E-state index is 0.00943. The Labute approximate surface area is 251 Å². The average Bonchev–Trinajstić information content (AvgIpc) is 3.30. The van der Waals surface area contributed by atoms with Crippen molar-refractivity contribution in [1.82, 2.24) is 20.7 Å². The molecule has 3 N–H and O–H groups in total. The van der Waals surface area contributed by atoms with Gasteiger partial charge in [0.2, 0.25) is 3.79 Å². The number of benzene rings is 2. The lowest BCUT2D eigenvalue weighted by Crippen LogP contribution is -2.62. The fourth-order valence-electron chi connectivity index (χ4n) is 4.70. The summed E-state index contributed by atoms with van der Waals surface area (Å²) >= 11 is 17.0. The summed E-state index contributed by atoms with van der Waals surface area (Å²) in [5.74, 6) is -1.09. The highest BCUT2D eigenvalue weighted by molar-refractivity contribution is 6.67. The fourth-order valence-corrected chi connectivity index (χ4v) is 4.86. The molecule has 4 rings (SSSR count). The smallest absolute Gasteiger partial charge is 0.417 e. The van der Waals surface area contributed by atoms with Crippen molar-refractivity contribution in [2.24, 2.45) is 0 Å². The van der Waals surface area contributed by atoms with E-state index in [4.69, 9.17) is 44.3 Å². The van der Waals surface area contributed by atoms with E-state index in [2.05, 4.69) is 10.7 Å². The number of imide groups is 1. The molecule has 2 aromatic carbocycles. The molecule has 0 bridgehead atoms. The Balaban J connectivity index is 1.46. The summed E-state index contributed by atoms with van der Waals surface area (Å²) in [5.41, 5.74) is 4.42. The topological polar surface area (TPSA) is 138 Å². The van der Waals surface area contributed by atoms with Gasteiger partial charge in [-0.25, -0.2) is 19.9 Å². The quantitative estimate of drug-likeness (QED) is 0.379. The van der Waals surface area contributed by atoms with Gasteiger partial charge in [0.1, 0.15) is 31.0 Å². The van der Waals surface area contributed by atoms with E-state index in [1.54, 1.807) is 12.1 Å². The van der Waals surface area contributed by atoms with Crippen molar-refractivity contribution in [1.29, 1.82) is 0 Å². The number of hydrogen-bond acceptors (Lipinski definition) is 8. The molecule has 41 heavy (non-hydrogen) atoms. The predicted octanol–water partition coefficient (Wildman–Crippen LogP) is 3.49. The molecule has 0 aromatic heterocycles. The summed E-state index contributed by atoms with van der Waals surface area (Å²) in [7, 11) is 0. The lowest BCUT2D eigenvalue weighted by molar-refractivity contribution is -0.143. The number of nitrogens with zero attached hydrogens (tertiary/aromatic N) is 2. The molecule has 0 aliphatic carbocycles. The largest absolute Gasteiger partial charge is 0.508 e. The molecule has 11 nitrogen and oxygen atoms in total. The van der Waals surface area contributed by atoms with Gasteiger partial charge in [-0.05, 0) is 42.5 Å². The number of alkyl halides is 3. The number of rotatable bonds is 8. The lowest BCUT2D eigenvalue weighted by atomic mass is 10.0. The van der Waals surface area contributed by atoms with Crippen LogP contribution in [0.2, 0.25) is 0 Å². The van der Waals surface area contributed by atoms with E-state index in [-0.39, 0.29) is 25.3 Å². The summed E-state index contributed by atoms with van der Waals surface area (Å²) in [6.45, 7) is -0.242. The summed E-state index contributed by atoms with van der Waals surface area (Å²) in [6.07, 6.45) is -0.479. The third-order valence-electron chi connectivity index (χ3n) is 6.57. The summed E-state index contributed by atoms with van der Waals surface area (Å²) in [6, 6.07) is 13.1. The molecule has 2 saturated heterocycles. The number of phenols is 1. The first kappa shape index (κ1) is 30.7. The van der Waals surface area contributed by atoms with E-state index in [0.717, 1.165) is 10.5 Å². The van der Waals surface area contributed by atoms with Crippen molar-refractivity contribution >= 4 is 58.8 Å². The molecule has 2 aliphatic heterocycles. The van der Waals surface area contributed by atoms with Crippen molar-refractivity contribution in [2.45, 2.75) is 47.6 Å². The van der Waals surface area contributed by atoms with Gasteiger partial charge in [-0.15, -0.1) is 0 Å². The highest BCUT2D eigenvalue weighted by atomic mass is 35.6. The van der Waals surface area contributed by atoms with E-state index in [0.29, 0.717) is 24.8 Å². The van der Waals surface area contributed by atoms with Crippen molar-refractivity contribution < 1.29 is 33.8 Å². The number of ether oxygens (including phenoxy) is 2. The van der Waals surface area contributed by atoms with E-state index >= 15 is 0 Å². The number of hydrogen-bond donors (Lipinski definition) is 3. The summed E-state index contributed by atoms with van der Waals surface area (Å²) in [4.78, 5) is 53.2. The van der Waals surface area contributed by atoms with Crippen LogP contribution in [0.25, 0.3) is 0 Å². The predicted molar refractivity (Wildman–Crippen MR) is 150 cm³/mol. The van der Waals surface area contributed by atoms with Crippen LogP contribution in [0.1, 0.15) is 24.0 Å². The Hall–Kier alpha value is -3.25. The minimum atomic E-state index is -1.85. The van der Waals surface area contributed by atoms with Crippen LogP contribution >= 0.6 is 34.8 Å². The number of carbonyl (C=O) groups excluding carboxylic acids is 4. The van der Waals surface area contributed by atoms with Crippen LogP contribution in [-0.2, 0) is 31.9 Å². The maximum atomic E-state index is 13.6. The van der Waals surface area contributed by atoms with Gasteiger partial charge in [-0.2, -0.15) is 0 Å². The van der Waals surface area contributed by atoms with Gasteiger partial charge in [-0.1, -0.05) is 77.3 Å². The molecule has 0 unspecified atom stereocenters. The van der Waals surface area contributed by atoms with Crippen LogP contribution in [0.3, 0.4) is 0 Å². The number of carbonyl (C=O) groups is 4. The lowest BCUT2D eigenvalue weighted by Gasteiger charge is -2.36. The van der Waals surface area contributed by atoms with Crippen molar-refractivity contribution in [3.05, 3.63) is 65.7 Å². The Morgan fingerprint density at radius 2 is 1.85 bits per heavy atom. The number of halogens is 3. The first-order valence-corrected chi connectivity index (χ1v) is 14.0. The maximum Gasteiger partial charge on any atom is 0.417 e. The normalized spacial score (nSPS) is 19.8. The summed E-state index contributed by atoms with van der Waals surface area (Å²) in [5, 5.41) is 13.6. The molecular formula is C27H29Cl3N4O7. The summed E-state index contributed by atoms with van der Waals surface area (Å²) < 4.78 is 8.28. The number of aromatic hydroxyl groups is 1. The second-order valence-corrected chi connectivity index (χ2v) is 12.2. The fraction of sp³-hybridized carbons (Fsp3) is 0.407. The van der Waals surface area contributed by atoms with Gasteiger partial charge in [0.05, 0.1) is 6.04 Å². The Bertz CT molecular complexity index is 1260. The van der Waals surface area contributed by atoms with Crippen LogP contribution < -0.4 is 10.7 Å². The first-order chi connectivity index (χ1) is 19.5. The number of amides is 4.